The number of hydrogen-bond donors (Lipinski definition) is 5. The van der Waals surface area contributed by atoms with E-state index < -0.39 is 65.1 Å². The van der Waals surface area contributed by atoms with Crippen LogP contribution in [-0.2, 0) is 34.3 Å². The van der Waals surface area contributed by atoms with Gasteiger partial charge in [0.2, 0.25) is 0 Å². The molecule has 31 heavy (non-hydrogen) atoms. The number of nitrogens with one attached hydrogen (secondary N) is 1. The van der Waals surface area contributed by atoms with Gasteiger partial charge in [0, 0.05) is 5.38 Å². The van der Waals surface area contributed by atoms with Crippen LogP contribution < -0.4 is 22.5 Å². The summed E-state index contributed by atoms with van der Waals surface area (Å²) in [6.07, 6.45) is -1.28. The van der Waals surface area contributed by atoms with Crippen molar-refractivity contribution < 1.29 is 41.7 Å². The van der Waals surface area contributed by atoms with Gasteiger partial charge in [0.05, 0.1) is 0 Å². The summed E-state index contributed by atoms with van der Waals surface area (Å²) in [6.45, 7) is -1.43. The molecule has 1 aromatic heterocycles. The van der Waals surface area contributed by atoms with Crippen LogP contribution in [0.15, 0.2) is 10.5 Å². The zero-order chi connectivity index (χ0) is 22.6. The van der Waals surface area contributed by atoms with Crippen LogP contribution >= 0.6 is 11.3 Å². The molecule has 166 valence electrons. The Balaban J connectivity index is 0.00000480. The molecule has 0 radical (unpaired) electrons. The minimum absolute atomic E-state index is 0. The molecule has 4 amide bonds. The van der Waals surface area contributed by atoms with E-state index in [4.69, 9.17) is 21.8 Å². The number of thiazole rings is 1. The van der Waals surface area contributed by atoms with E-state index in [0.717, 1.165) is 11.3 Å². The molecule has 0 aromatic carbocycles. The Morgan fingerprint density at radius 1 is 1.35 bits per heavy atom. The third kappa shape index (κ3) is 6.74. The van der Waals surface area contributed by atoms with Crippen molar-refractivity contribution in [2.45, 2.75) is 12.1 Å². The van der Waals surface area contributed by atoms with Crippen LogP contribution in [0.4, 0.5) is 9.93 Å². The average Bonchev–Trinajstić information content (AvgIpc) is 3.04. The van der Waals surface area contributed by atoms with Crippen molar-refractivity contribution in [1.29, 1.82) is 0 Å². The molecule has 19 heteroatoms. The number of nitrogens with two attached hydrogens (primary N) is 3. The fraction of sp³-hybridized carbons (Fsp3) is 0.333. The number of hydrogen-bond acceptors (Lipinski definition) is 12. The number of primary amides is 2. The van der Waals surface area contributed by atoms with E-state index in [9.17, 15) is 27.6 Å². The molecule has 1 aliphatic heterocycles. The van der Waals surface area contributed by atoms with Crippen LogP contribution in [-0.4, -0.2) is 107 Å². The maximum atomic E-state index is 12.6. The van der Waals surface area contributed by atoms with E-state index in [1.165, 1.54) is 5.38 Å². The molecular formula is C12H16N7NaO9S2. The standard InChI is InChI=1S/C12H15N7O9S2.Na.H/c13-6(20)2-28-18-7(4-3-29-11(14)16-4)9(21)17-8-5(1-27-12(15)23)19(10(8)22)30(24,25)26;;/h3,5,8H,1-2H2,(H2,13,20)(H2,14,16)(H2,15,23)(H,17,21)(H,24,25,26);;/b18-7-;;/t5-,8+;;/m1../s1. The molecule has 2 rings (SSSR count). The van der Waals surface area contributed by atoms with E-state index in [0.29, 0.717) is 0 Å². The van der Waals surface area contributed by atoms with Gasteiger partial charge in [-0.2, -0.15) is 8.42 Å². The number of β-lactam (4-membered cyclic amide) rings is 1. The summed E-state index contributed by atoms with van der Waals surface area (Å²) in [5.41, 5.74) is 14.6. The second-order valence-corrected chi connectivity index (χ2v) is 7.69. The fourth-order valence-corrected chi connectivity index (χ4v) is 3.68. The summed E-state index contributed by atoms with van der Waals surface area (Å²) in [5.74, 6) is -3.20. The monoisotopic (exact) mass is 489 g/mol. The number of rotatable bonds is 9. The average molecular weight is 489 g/mol. The molecule has 0 spiro atoms. The first-order valence-electron chi connectivity index (χ1n) is 7.65. The first-order valence-corrected chi connectivity index (χ1v) is 9.93. The number of nitrogen functional groups attached to an aromatic ring is 1. The first-order chi connectivity index (χ1) is 13.9. The molecule has 2 heterocycles. The second-order valence-electron chi connectivity index (χ2n) is 5.51. The van der Waals surface area contributed by atoms with Crippen LogP contribution in [0.1, 0.15) is 5.69 Å². The van der Waals surface area contributed by atoms with Crippen LogP contribution in [0.3, 0.4) is 0 Å². The van der Waals surface area contributed by atoms with E-state index in [-0.39, 0.29) is 44.7 Å². The van der Waals surface area contributed by atoms with Crippen LogP contribution in [0.25, 0.3) is 0 Å². The summed E-state index contributed by atoms with van der Waals surface area (Å²) in [7, 11) is -5.01. The molecular weight excluding hydrogens is 473 g/mol. The van der Waals surface area contributed by atoms with E-state index in [2.05, 4.69) is 25.0 Å². The molecule has 1 aliphatic rings. The number of carbonyl (C=O) groups is 4. The van der Waals surface area contributed by atoms with Crippen molar-refractivity contribution in [1.82, 2.24) is 14.6 Å². The van der Waals surface area contributed by atoms with Gasteiger partial charge in [0.1, 0.15) is 24.4 Å². The van der Waals surface area contributed by atoms with Crippen LogP contribution in [0.2, 0.25) is 0 Å². The van der Waals surface area contributed by atoms with Crippen molar-refractivity contribution in [3.8, 4) is 0 Å². The van der Waals surface area contributed by atoms with E-state index in [1.54, 1.807) is 0 Å². The Morgan fingerprint density at radius 2 is 2.00 bits per heavy atom. The van der Waals surface area contributed by atoms with Gasteiger partial charge in [0.15, 0.2) is 17.5 Å². The molecule has 1 fully saturated rings. The van der Waals surface area contributed by atoms with Gasteiger partial charge in [-0.3, -0.25) is 18.9 Å². The zero-order valence-corrected chi connectivity index (χ0v) is 16.4. The molecule has 0 aliphatic carbocycles. The SMILES string of the molecule is NC(=O)CO/N=C(\C(=O)N[C@@H]1C(=O)N(S(=O)(=O)O)[C@@H]1COC(N)=O)c1csc(N)n1.[NaH]. The Labute approximate surface area is 200 Å². The van der Waals surface area contributed by atoms with Crippen molar-refractivity contribution in [3.63, 3.8) is 0 Å². The van der Waals surface area contributed by atoms with E-state index >= 15 is 0 Å². The van der Waals surface area contributed by atoms with Gasteiger partial charge in [-0.25, -0.2) is 14.1 Å². The molecule has 1 aromatic rings. The third-order valence-corrected chi connectivity index (χ3v) is 5.06. The van der Waals surface area contributed by atoms with Gasteiger partial charge in [-0.15, -0.1) is 11.3 Å². The van der Waals surface area contributed by atoms with Crippen LogP contribution in [0.5, 0.6) is 0 Å². The Morgan fingerprint density at radius 3 is 2.48 bits per heavy atom. The normalized spacial score (nSPS) is 18.4. The van der Waals surface area contributed by atoms with Gasteiger partial charge in [-0.1, -0.05) is 5.16 Å². The second kappa shape index (κ2) is 10.7. The molecule has 16 nitrogen and oxygen atoms in total. The summed E-state index contributed by atoms with van der Waals surface area (Å²) in [6, 6.07) is -3.03. The van der Waals surface area contributed by atoms with Crippen molar-refractivity contribution in [2.75, 3.05) is 18.9 Å². The predicted molar refractivity (Wildman–Crippen MR) is 105 cm³/mol. The van der Waals surface area contributed by atoms with Gasteiger partial charge in [0.25, 0.3) is 17.7 Å². The number of oxime groups is 1. The molecule has 0 bridgehead atoms. The Hall–Kier alpha value is -2.51. The number of aromatic nitrogens is 1. The molecule has 0 unspecified atom stereocenters. The predicted octanol–water partition coefficient (Wildman–Crippen LogP) is -4.12. The maximum absolute atomic E-state index is 12.6. The van der Waals surface area contributed by atoms with Crippen LogP contribution in [0, 0.1) is 0 Å². The number of nitrogens with zero attached hydrogens (tertiary/aromatic N) is 3. The summed E-state index contributed by atoms with van der Waals surface area (Å²) < 4.78 is 36.3. The summed E-state index contributed by atoms with van der Waals surface area (Å²) >= 11 is 0.944. The number of carbonyl (C=O) groups excluding carboxylic acids is 4. The Kier molecular flexibility index (Phi) is 9.14. The van der Waals surface area contributed by atoms with Crippen molar-refractivity contribution in [3.05, 3.63) is 11.1 Å². The summed E-state index contributed by atoms with van der Waals surface area (Å²) in [5, 5.41) is 6.97. The number of ether oxygens (including phenoxy) is 1. The van der Waals surface area contributed by atoms with Gasteiger partial charge in [-0.05, 0) is 0 Å². The Bertz CT molecular complexity index is 1010. The fourth-order valence-electron chi connectivity index (χ4n) is 2.26. The number of anilines is 1. The molecule has 1 saturated heterocycles. The topological polar surface area (TPSA) is 260 Å². The minimum atomic E-state index is -5.01. The third-order valence-electron chi connectivity index (χ3n) is 3.44. The number of amides is 4. The van der Waals surface area contributed by atoms with Gasteiger partial charge >= 0.3 is 46.0 Å². The van der Waals surface area contributed by atoms with E-state index in [1.807, 2.05) is 0 Å². The quantitative estimate of drug-likeness (QED) is 0.0731. The van der Waals surface area contributed by atoms with Gasteiger partial charge < -0.3 is 32.1 Å². The molecule has 8 N–H and O–H groups in total. The first kappa shape index (κ1) is 26.5. The van der Waals surface area contributed by atoms with Crippen molar-refractivity contribution >= 4 is 85.9 Å². The molecule has 0 saturated carbocycles. The van der Waals surface area contributed by atoms with Crippen molar-refractivity contribution in [2.24, 2.45) is 16.6 Å². The molecule has 2 atom stereocenters. The summed E-state index contributed by atoms with van der Waals surface area (Å²) in [4.78, 5) is 54.7. The zero-order valence-electron chi connectivity index (χ0n) is 14.7.